The molecule has 1 aromatic rings. The molecule has 23 heavy (non-hydrogen) atoms. The Hall–Kier alpha value is -0.720. The number of nitrogens with zero attached hydrogens (tertiary/aromatic N) is 4. The number of aromatic nitrogens is 2. The maximum Gasteiger partial charge on any atom is 0.208 e. The molecule has 0 spiro atoms. The van der Waals surface area contributed by atoms with Crippen LogP contribution in [0.25, 0.3) is 0 Å². The van der Waals surface area contributed by atoms with Gasteiger partial charge in [0, 0.05) is 25.7 Å². The van der Waals surface area contributed by atoms with Crippen LogP contribution >= 0.6 is 11.3 Å². The zero-order valence-corrected chi connectivity index (χ0v) is 15.3. The zero-order chi connectivity index (χ0) is 16.0. The Morgan fingerprint density at radius 1 is 1.17 bits per heavy atom. The summed E-state index contributed by atoms with van der Waals surface area (Å²) in [6.07, 6.45) is 5.60. The van der Waals surface area contributed by atoms with E-state index in [4.69, 9.17) is 4.74 Å². The largest absolute Gasteiger partial charge is 0.376 e. The van der Waals surface area contributed by atoms with Crippen molar-refractivity contribution in [2.75, 3.05) is 38.7 Å². The minimum absolute atomic E-state index is 0.406. The highest BCUT2D eigenvalue weighted by molar-refractivity contribution is 7.15. The molecular weight excluding hydrogens is 308 g/mol. The predicted molar refractivity (Wildman–Crippen MR) is 93.0 cm³/mol. The van der Waals surface area contributed by atoms with Crippen LogP contribution in [0, 0.1) is 24.7 Å². The number of hydrogen-bond donors (Lipinski definition) is 0. The highest BCUT2D eigenvalue weighted by atomic mass is 32.1. The van der Waals surface area contributed by atoms with Gasteiger partial charge in [-0.3, -0.25) is 0 Å². The average molecular weight is 337 g/mol. The molecule has 1 aromatic heterocycles. The van der Waals surface area contributed by atoms with E-state index in [-0.39, 0.29) is 0 Å². The first-order valence-corrected chi connectivity index (χ1v) is 9.75. The first-order valence-electron chi connectivity index (χ1n) is 8.93. The minimum atomic E-state index is 0.406. The second-order valence-corrected chi connectivity index (χ2v) is 9.01. The van der Waals surface area contributed by atoms with Gasteiger partial charge in [-0.05, 0) is 64.5 Å². The summed E-state index contributed by atoms with van der Waals surface area (Å²) in [6.45, 7) is 5.28. The van der Waals surface area contributed by atoms with Crippen LogP contribution in [0.15, 0.2) is 0 Å². The van der Waals surface area contributed by atoms with Crippen molar-refractivity contribution in [3.8, 4) is 0 Å². The maximum atomic E-state index is 6.35. The minimum Gasteiger partial charge on any atom is -0.376 e. The average Bonchev–Trinajstić information content (AvgIpc) is 3.09. The third kappa shape index (κ3) is 3.39. The molecule has 128 valence electrons. The molecule has 0 amide bonds. The smallest absolute Gasteiger partial charge is 0.208 e. The van der Waals surface area contributed by atoms with Crippen LogP contribution in [0.5, 0.6) is 0 Å². The zero-order valence-electron chi connectivity index (χ0n) is 14.4. The summed E-state index contributed by atoms with van der Waals surface area (Å²) in [7, 11) is 4.42. The lowest BCUT2D eigenvalue weighted by Crippen LogP contribution is -2.48. The molecule has 2 aliphatic carbocycles. The molecule has 0 unspecified atom stereocenters. The summed E-state index contributed by atoms with van der Waals surface area (Å²) in [5.41, 5.74) is 0. The van der Waals surface area contributed by atoms with Crippen LogP contribution in [0.4, 0.5) is 5.13 Å². The van der Waals surface area contributed by atoms with E-state index >= 15 is 0 Å². The molecule has 0 N–H and O–H groups in total. The van der Waals surface area contributed by atoms with Crippen LogP contribution in [-0.4, -0.2) is 61.0 Å². The van der Waals surface area contributed by atoms with Crippen molar-refractivity contribution in [2.24, 2.45) is 17.8 Å². The molecule has 4 rings (SSSR count). The van der Waals surface area contributed by atoms with Crippen molar-refractivity contribution in [1.82, 2.24) is 15.1 Å². The van der Waals surface area contributed by atoms with E-state index in [2.05, 4.69) is 34.1 Å². The fourth-order valence-corrected chi connectivity index (χ4v) is 4.93. The van der Waals surface area contributed by atoms with Crippen LogP contribution in [0.2, 0.25) is 0 Å². The number of aryl methyl sites for hydroxylation is 1. The van der Waals surface area contributed by atoms with E-state index in [9.17, 15) is 0 Å². The van der Waals surface area contributed by atoms with Crippen LogP contribution in [0.3, 0.4) is 0 Å². The highest BCUT2D eigenvalue weighted by Gasteiger charge is 2.44. The standard InChI is InChI=1S/C17H28N4OS/c1-11-18-19-17(23-11)21-8-13-6-15(20(2)3)16(7-14(13)9-21)22-10-12-4-5-12/h12-16H,4-10H2,1-3H3/t13-,14+,15-,16-/m1/s1. The van der Waals surface area contributed by atoms with Gasteiger partial charge in [0.2, 0.25) is 5.13 Å². The third-order valence-electron chi connectivity index (χ3n) is 5.78. The van der Waals surface area contributed by atoms with Crippen molar-refractivity contribution in [2.45, 2.75) is 44.8 Å². The normalized spacial score (nSPS) is 34.2. The third-order valence-corrected chi connectivity index (χ3v) is 6.68. The van der Waals surface area contributed by atoms with E-state index < -0.39 is 0 Å². The van der Waals surface area contributed by atoms with Gasteiger partial charge in [0.15, 0.2) is 0 Å². The number of rotatable bonds is 5. The number of likely N-dealkylation sites (N-methyl/N-ethyl adjacent to an activating group) is 1. The fraction of sp³-hybridized carbons (Fsp3) is 0.882. The molecule has 6 heteroatoms. The lowest BCUT2D eigenvalue weighted by molar-refractivity contribution is -0.0493. The Morgan fingerprint density at radius 2 is 1.91 bits per heavy atom. The Kier molecular flexibility index (Phi) is 4.32. The predicted octanol–water partition coefficient (Wildman–Crippen LogP) is 2.42. The highest BCUT2D eigenvalue weighted by Crippen LogP contribution is 2.41. The van der Waals surface area contributed by atoms with E-state index in [0.717, 1.165) is 47.6 Å². The summed E-state index contributed by atoms with van der Waals surface area (Å²) in [5.74, 6) is 2.37. The number of hydrogen-bond acceptors (Lipinski definition) is 6. The Bertz CT molecular complexity index is 544. The van der Waals surface area contributed by atoms with E-state index in [0.29, 0.717) is 12.1 Å². The molecule has 1 aliphatic heterocycles. The van der Waals surface area contributed by atoms with Crippen LogP contribution in [-0.2, 0) is 4.74 Å². The van der Waals surface area contributed by atoms with Gasteiger partial charge in [-0.2, -0.15) is 0 Å². The molecule has 2 heterocycles. The molecule has 0 radical (unpaired) electrons. The number of anilines is 1. The van der Waals surface area contributed by atoms with Crippen molar-refractivity contribution in [3.05, 3.63) is 5.01 Å². The Morgan fingerprint density at radius 3 is 2.52 bits per heavy atom. The van der Waals surface area contributed by atoms with Crippen molar-refractivity contribution in [3.63, 3.8) is 0 Å². The lowest BCUT2D eigenvalue weighted by Gasteiger charge is -2.41. The van der Waals surface area contributed by atoms with Gasteiger partial charge in [0.25, 0.3) is 0 Å². The number of fused-ring (bicyclic) bond motifs is 1. The van der Waals surface area contributed by atoms with Gasteiger partial charge >= 0.3 is 0 Å². The van der Waals surface area contributed by atoms with E-state index in [1.54, 1.807) is 11.3 Å². The topological polar surface area (TPSA) is 41.5 Å². The summed E-state index contributed by atoms with van der Waals surface area (Å²) in [6, 6.07) is 0.561. The SMILES string of the molecule is Cc1nnc(N2C[C@H]3C[C@@H](N(C)C)[C@H](OCC4CC4)C[C@H]3C2)s1. The van der Waals surface area contributed by atoms with Gasteiger partial charge in [0.1, 0.15) is 5.01 Å². The molecule has 3 fully saturated rings. The van der Waals surface area contributed by atoms with Gasteiger partial charge in [-0.1, -0.05) is 11.3 Å². The van der Waals surface area contributed by atoms with E-state index in [1.807, 2.05) is 6.92 Å². The molecule has 0 aromatic carbocycles. The first-order chi connectivity index (χ1) is 11.1. The Balaban J connectivity index is 1.43. The molecule has 5 nitrogen and oxygen atoms in total. The molecule has 0 bridgehead atoms. The van der Waals surface area contributed by atoms with Crippen molar-refractivity contribution >= 4 is 16.5 Å². The maximum absolute atomic E-state index is 6.35. The van der Waals surface area contributed by atoms with Crippen molar-refractivity contribution < 1.29 is 4.74 Å². The molecule has 4 atom stereocenters. The van der Waals surface area contributed by atoms with E-state index in [1.165, 1.54) is 25.7 Å². The van der Waals surface area contributed by atoms with Gasteiger partial charge < -0.3 is 14.5 Å². The quantitative estimate of drug-likeness (QED) is 0.826. The number of ether oxygens (including phenoxy) is 1. The monoisotopic (exact) mass is 336 g/mol. The summed E-state index contributed by atoms with van der Waals surface area (Å²) < 4.78 is 6.35. The van der Waals surface area contributed by atoms with Gasteiger partial charge in [-0.15, -0.1) is 10.2 Å². The lowest BCUT2D eigenvalue weighted by atomic mass is 9.77. The summed E-state index contributed by atoms with van der Waals surface area (Å²) >= 11 is 1.72. The Labute approximate surface area is 143 Å². The molecular formula is C17H28N4OS. The van der Waals surface area contributed by atoms with Crippen LogP contribution in [0.1, 0.15) is 30.7 Å². The molecule has 2 saturated carbocycles. The molecule has 3 aliphatic rings. The molecule has 1 saturated heterocycles. The summed E-state index contributed by atoms with van der Waals surface area (Å²) in [5, 5.41) is 10.7. The first kappa shape index (κ1) is 15.8. The fourth-order valence-electron chi connectivity index (χ4n) is 4.23. The summed E-state index contributed by atoms with van der Waals surface area (Å²) in [4.78, 5) is 4.83. The van der Waals surface area contributed by atoms with Gasteiger partial charge in [0.05, 0.1) is 6.10 Å². The van der Waals surface area contributed by atoms with Crippen LogP contribution < -0.4 is 4.90 Å². The van der Waals surface area contributed by atoms with Gasteiger partial charge in [-0.25, -0.2) is 0 Å². The second kappa shape index (κ2) is 6.30. The second-order valence-electron chi connectivity index (χ2n) is 7.85. The van der Waals surface area contributed by atoms with Crippen molar-refractivity contribution in [1.29, 1.82) is 0 Å².